The highest BCUT2D eigenvalue weighted by Crippen LogP contribution is 2.31. The van der Waals surface area contributed by atoms with Gasteiger partial charge in [-0.2, -0.15) is 0 Å². The van der Waals surface area contributed by atoms with E-state index in [2.05, 4.69) is 29.4 Å². The summed E-state index contributed by atoms with van der Waals surface area (Å²) in [5.74, 6) is -0.602. The van der Waals surface area contributed by atoms with Crippen molar-refractivity contribution in [3.8, 4) is 11.3 Å². The van der Waals surface area contributed by atoms with Gasteiger partial charge < -0.3 is 5.32 Å². The smallest absolute Gasteiger partial charge is 0.227 e. The summed E-state index contributed by atoms with van der Waals surface area (Å²) >= 11 is 1.33. The molecule has 5 nitrogen and oxygen atoms in total. The van der Waals surface area contributed by atoms with Crippen molar-refractivity contribution in [2.75, 3.05) is 11.1 Å². The van der Waals surface area contributed by atoms with Crippen LogP contribution in [-0.2, 0) is 14.6 Å². The molecule has 0 bridgehead atoms. The van der Waals surface area contributed by atoms with Crippen molar-refractivity contribution >= 4 is 32.2 Å². The van der Waals surface area contributed by atoms with Crippen molar-refractivity contribution < 1.29 is 13.2 Å². The van der Waals surface area contributed by atoms with Gasteiger partial charge in [0.05, 0.1) is 16.3 Å². The standard InChI is InChI=1S/C21H22N2O3S2/c1-14-11-15(2)20(16(3)12-14)18-13-27-21(22-18)23-19(24)9-10-28(25,26)17-7-5-4-6-8-17/h4-8,11-13H,9-10H2,1-3H3,(H,22,23,24). The first-order valence-electron chi connectivity index (χ1n) is 8.87. The molecule has 0 spiro atoms. The summed E-state index contributed by atoms with van der Waals surface area (Å²) in [4.78, 5) is 16.9. The van der Waals surface area contributed by atoms with Crippen LogP contribution in [0.3, 0.4) is 0 Å². The average molecular weight is 415 g/mol. The fraction of sp³-hybridized carbons (Fsp3) is 0.238. The van der Waals surface area contributed by atoms with Gasteiger partial charge in [0, 0.05) is 17.4 Å². The second-order valence-electron chi connectivity index (χ2n) is 6.74. The van der Waals surface area contributed by atoms with Gasteiger partial charge in [-0.25, -0.2) is 13.4 Å². The maximum atomic E-state index is 12.3. The van der Waals surface area contributed by atoms with Gasteiger partial charge in [-0.1, -0.05) is 35.9 Å². The third kappa shape index (κ3) is 4.66. The van der Waals surface area contributed by atoms with E-state index in [0.29, 0.717) is 5.13 Å². The molecule has 146 valence electrons. The van der Waals surface area contributed by atoms with Crippen molar-refractivity contribution in [2.45, 2.75) is 32.1 Å². The number of anilines is 1. The van der Waals surface area contributed by atoms with Crippen LogP contribution in [0.25, 0.3) is 11.3 Å². The van der Waals surface area contributed by atoms with Gasteiger partial charge in [0.2, 0.25) is 5.91 Å². The van der Waals surface area contributed by atoms with E-state index < -0.39 is 9.84 Å². The van der Waals surface area contributed by atoms with E-state index in [1.54, 1.807) is 18.2 Å². The lowest BCUT2D eigenvalue weighted by molar-refractivity contribution is -0.115. The lowest BCUT2D eigenvalue weighted by Crippen LogP contribution is -2.17. The quantitative estimate of drug-likeness (QED) is 0.643. The van der Waals surface area contributed by atoms with E-state index in [9.17, 15) is 13.2 Å². The van der Waals surface area contributed by atoms with Crippen LogP contribution >= 0.6 is 11.3 Å². The first-order valence-corrected chi connectivity index (χ1v) is 11.4. The number of carbonyl (C=O) groups is 1. The molecule has 0 saturated heterocycles. The number of aryl methyl sites for hydroxylation is 3. The second-order valence-corrected chi connectivity index (χ2v) is 9.71. The van der Waals surface area contributed by atoms with Gasteiger partial charge in [0.25, 0.3) is 0 Å². The number of aromatic nitrogens is 1. The monoisotopic (exact) mass is 414 g/mol. The van der Waals surface area contributed by atoms with E-state index in [4.69, 9.17) is 0 Å². The number of nitrogens with one attached hydrogen (secondary N) is 1. The average Bonchev–Trinajstić information content (AvgIpc) is 3.08. The molecule has 0 radical (unpaired) electrons. The van der Waals surface area contributed by atoms with Crippen LogP contribution in [0, 0.1) is 20.8 Å². The molecule has 7 heteroatoms. The molecule has 2 aromatic carbocycles. The Morgan fingerprint density at radius 3 is 2.36 bits per heavy atom. The number of rotatable bonds is 6. The van der Waals surface area contributed by atoms with E-state index in [1.165, 1.54) is 29.0 Å². The number of nitrogens with zero attached hydrogens (tertiary/aromatic N) is 1. The van der Waals surface area contributed by atoms with Crippen LogP contribution < -0.4 is 5.32 Å². The maximum absolute atomic E-state index is 12.3. The van der Waals surface area contributed by atoms with Gasteiger partial charge in [-0.15, -0.1) is 11.3 Å². The van der Waals surface area contributed by atoms with Gasteiger partial charge in [-0.3, -0.25) is 4.79 Å². The SMILES string of the molecule is Cc1cc(C)c(-c2csc(NC(=O)CCS(=O)(=O)c3ccccc3)n2)c(C)c1. The van der Waals surface area contributed by atoms with Gasteiger partial charge in [-0.05, 0) is 44.0 Å². The van der Waals surface area contributed by atoms with Crippen LogP contribution in [0.15, 0.2) is 52.7 Å². The second kappa shape index (κ2) is 8.24. The Hall–Kier alpha value is -2.51. The number of amides is 1. The lowest BCUT2D eigenvalue weighted by Gasteiger charge is -2.08. The van der Waals surface area contributed by atoms with Crippen molar-refractivity contribution in [1.29, 1.82) is 0 Å². The lowest BCUT2D eigenvalue weighted by atomic mass is 9.98. The van der Waals surface area contributed by atoms with Crippen molar-refractivity contribution in [3.63, 3.8) is 0 Å². The summed E-state index contributed by atoms with van der Waals surface area (Å²) in [5.41, 5.74) is 5.34. The largest absolute Gasteiger partial charge is 0.302 e. The molecule has 0 fully saturated rings. The number of hydrogen-bond acceptors (Lipinski definition) is 5. The highest BCUT2D eigenvalue weighted by Gasteiger charge is 2.17. The zero-order chi connectivity index (χ0) is 20.3. The number of benzene rings is 2. The molecule has 3 aromatic rings. The fourth-order valence-electron chi connectivity index (χ4n) is 3.18. The van der Waals surface area contributed by atoms with Crippen LogP contribution in [0.5, 0.6) is 0 Å². The molecule has 28 heavy (non-hydrogen) atoms. The first kappa shape index (κ1) is 20.2. The van der Waals surface area contributed by atoms with Gasteiger partial charge in [0.15, 0.2) is 15.0 Å². The number of carbonyl (C=O) groups excluding carboxylic acids is 1. The van der Waals surface area contributed by atoms with E-state index in [-0.39, 0.29) is 23.0 Å². The zero-order valence-electron chi connectivity index (χ0n) is 16.0. The molecule has 0 saturated carbocycles. The Balaban J connectivity index is 1.67. The zero-order valence-corrected chi connectivity index (χ0v) is 17.7. The Labute approximate surface area is 169 Å². The molecule has 1 aromatic heterocycles. The molecule has 0 atom stereocenters. The Kier molecular flexibility index (Phi) is 5.96. The van der Waals surface area contributed by atoms with E-state index in [1.807, 2.05) is 19.2 Å². The topological polar surface area (TPSA) is 76.1 Å². The van der Waals surface area contributed by atoms with E-state index >= 15 is 0 Å². The van der Waals surface area contributed by atoms with Crippen LogP contribution in [0.4, 0.5) is 5.13 Å². The molecule has 1 N–H and O–H groups in total. The highest BCUT2D eigenvalue weighted by atomic mass is 32.2. The summed E-state index contributed by atoms with van der Waals surface area (Å²) in [6.45, 7) is 6.14. The number of thiazole rings is 1. The normalized spacial score (nSPS) is 11.4. The van der Waals surface area contributed by atoms with Gasteiger partial charge in [0.1, 0.15) is 0 Å². The molecule has 1 heterocycles. The molecular formula is C21H22N2O3S2. The Morgan fingerprint density at radius 2 is 1.71 bits per heavy atom. The predicted molar refractivity (Wildman–Crippen MR) is 114 cm³/mol. The summed E-state index contributed by atoms with van der Waals surface area (Å²) in [7, 11) is -3.48. The molecular weight excluding hydrogens is 392 g/mol. The number of sulfone groups is 1. The minimum absolute atomic E-state index is 0.116. The van der Waals surface area contributed by atoms with Crippen LogP contribution in [0.1, 0.15) is 23.1 Å². The molecule has 0 aliphatic heterocycles. The third-order valence-electron chi connectivity index (χ3n) is 4.38. The van der Waals surface area contributed by atoms with Crippen molar-refractivity contribution in [1.82, 2.24) is 4.98 Å². The van der Waals surface area contributed by atoms with E-state index in [0.717, 1.165) is 22.4 Å². The molecule has 0 aliphatic rings. The highest BCUT2D eigenvalue weighted by molar-refractivity contribution is 7.91. The summed E-state index contributed by atoms with van der Waals surface area (Å²) in [6, 6.07) is 12.4. The summed E-state index contributed by atoms with van der Waals surface area (Å²) in [6.07, 6.45) is -0.116. The Bertz CT molecular complexity index is 1080. The summed E-state index contributed by atoms with van der Waals surface area (Å²) < 4.78 is 24.6. The predicted octanol–water partition coefficient (Wildman–Crippen LogP) is 4.54. The third-order valence-corrected chi connectivity index (χ3v) is 6.87. The fourth-order valence-corrected chi connectivity index (χ4v) is 5.16. The van der Waals surface area contributed by atoms with Gasteiger partial charge >= 0.3 is 0 Å². The molecule has 0 unspecified atom stereocenters. The molecule has 0 aliphatic carbocycles. The first-order chi connectivity index (χ1) is 13.3. The van der Waals surface area contributed by atoms with Crippen LogP contribution in [0.2, 0.25) is 0 Å². The minimum atomic E-state index is -3.48. The van der Waals surface area contributed by atoms with Crippen LogP contribution in [-0.4, -0.2) is 25.1 Å². The van der Waals surface area contributed by atoms with Crippen molar-refractivity contribution in [2.24, 2.45) is 0 Å². The minimum Gasteiger partial charge on any atom is -0.302 e. The summed E-state index contributed by atoms with van der Waals surface area (Å²) in [5, 5.41) is 5.08. The molecule has 1 amide bonds. The van der Waals surface area contributed by atoms with Crippen molar-refractivity contribution in [3.05, 3.63) is 64.5 Å². The molecule has 3 rings (SSSR count). The number of hydrogen-bond donors (Lipinski definition) is 1. The maximum Gasteiger partial charge on any atom is 0.227 e. The Morgan fingerprint density at radius 1 is 1.07 bits per heavy atom.